The molecule has 0 radical (unpaired) electrons. The summed E-state index contributed by atoms with van der Waals surface area (Å²) in [6.45, 7) is 6.05. The molecule has 1 N–H and O–H groups in total. The second kappa shape index (κ2) is 7.54. The minimum absolute atomic E-state index is 0.247. The van der Waals surface area contributed by atoms with E-state index in [4.69, 9.17) is 4.42 Å². The molecule has 0 aliphatic carbocycles. The molecule has 1 amide bonds. The summed E-state index contributed by atoms with van der Waals surface area (Å²) in [4.78, 5) is 30.1. The number of aromatic nitrogens is 4. The zero-order chi connectivity index (χ0) is 20.5. The van der Waals surface area contributed by atoms with Gasteiger partial charge >= 0.3 is 0 Å². The lowest BCUT2D eigenvalue weighted by atomic mass is 10.2. The van der Waals surface area contributed by atoms with Crippen LogP contribution in [-0.4, -0.2) is 25.1 Å². The minimum atomic E-state index is -0.697. The van der Waals surface area contributed by atoms with Crippen LogP contribution < -0.4 is 10.9 Å². The molecule has 4 heterocycles. The van der Waals surface area contributed by atoms with Crippen molar-refractivity contribution < 1.29 is 9.21 Å². The van der Waals surface area contributed by atoms with E-state index in [1.165, 1.54) is 4.68 Å². The standard InChI is InChI=1S/C21H23N5O3/c1-4-15(20(27)23-12-14-7-6-8-22-11-14)26-21(28)17-10-18-16(9-13(3)29-18)25(17)19(5-2)24-26/h6-11,15H,4-5,12H2,1-3H3,(H,23,27)/t15-/m1/s1. The fourth-order valence-corrected chi connectivity index (χ4v) is 3.60. The van der Waals surface area contributed by atoms with Crippen molar-refractivity contribution in [2.45, 2.75) is 46.2 Å². The summed E-state index contributed by atoms with van der Waals surface area (Å²) in [7, 11) is 0. The summed E-state index contributed by atoms with van der Waals surface area (Å²) in [5.74, 6) is 1.23. The van der Waals surface area contributed by atoms with Crippen molar-refractivity contribution >= 4 is 22.5 Å². The molecule has 4 rings (SSSR count). The van der Waals surface area contributed by atoms with Crippen LogP contribution in [0.2, 0.25) is 0 Å². The van der Waals surface area contributed by atoms with Crippen molar-refractivity contribution in [1.82, 2.24) is 24.5 Å². The molecular weight excluding hydrogens is 370 g/mol. The van der Waals surface area contributed by atoms with Crippen molar-refractivity contribution in [2.75, 3.05) is 0 Å². The highest BCUT2D eigenvalue weighted by Gasteiger charge is 2.24. The average molecular weight is 393 g/mol. The molecule has 0 saturated carbocycles. The summed E-state index contributed by atoms with van der Waals surface area (Å²) in [5.41, 5.74) is 2.50. The smallest absolute Gasteiger partial charge is 0.291 e. The number of amides is 1. The van der Waals surface area contributed by atoms with Crippen LogP contribution in [0.4, 0.5) is 0 Å². The van der Waals surface area contributed by atoms with Crippen LogP contribution in [-0.2, 0) is 17.8 Å². The van der Waals surface area contributed by atoms with E-state index in [1.807, 2.05) is 43.4 Å². The predicted octanol–water partition coefficient (Wildman–Crippen LogP) is 2.78. The first-order valence-corrected chi connectivity index (χ1v) is 9.73. The van der Waals surface area contributed by atoms with Gasteiger partial charge < -0.3 is 9.73 Å². The lowest BCUT2D eigenvalue weighted by molar-refractivity contribution is -0.125. The number of pyridine rings is 1. The Hall–Kier alpha value is -3.42. The van der Waals surface area contributed by atoms with Gasteiger partial charge in [-0.25, -0.2) is 4.68 Å². The molecule has 0 spiro atoms. The number of carbonyl (C=O) groups is 1. The van der Waals surface area contributed by atoms with Gasteiger partial charge in [0.15, 0.2) is 5.58 Å². The lowest BCUT2D eigenvalue weighted by Crippen LogP contribution is -2.39. The molecule has 4 aromatic heterocycles. The molecule has 0 aromatic carbocycles. The largest absolute Gasteiger partial charge is 0.460 e. The maximum absolute atomic E-state index is 13.2. The van der Waals surface area contributed by atoms with Gasteiger partial charge in [0.2, 0.25) is 5.91 Å². The third-order valence-corrected chi connectivity index (χ3v) is 5.01. The Kier molecular flexibility index (Phi) is 4.92. The molecule has 29 heavy (non-hydrogen) atoms. The Morgan fingerprint density at radius 2 is 2.10 bits per heavy atom. The first-order valence-electron chi connectivity index (χ1n) is 9.73. The molecule has 4 aromatic rings. The molecule has 0 bridgehead atoms. The molecule has 8 heteroatoms. The summed E-state index contributed by atoms with van der Waals surface area (Å²) in [6.07, 6.45) is 4.44. The minimum Gasteiger partial charge on any atom is -0.460 e. The Bertz CT molecular complexity index is 1240. The average Bonchev–Trinajstić information content (AvgIpc) is 3.26. The van der Waals surface area contributed by atoms with Crippen molar-refractivity contribution in [1.29, 1.82) is 0 Å². The Morgan fingerprint density at radius 1 is 1.28 bits per heavy atom. The number of carbonyl (C=O) groups excluding carboxylic acids is 1. The number of hydrogen-bond donors (Lipinski definition) is 1. The van der Waals surface area contributed by atoms with Gasteiger partial charge in [-0.3, -0.25) is 19.0 Å². The van der Waals surface area contributed by atoms with E-state index in [1.54, 1.807) is 18.5 Å². The highest BCUT2D eigenvalue weighted by atomic mass is 16.3. The van der Waals surface area contributed by atoms with Gasteiger partial charge in [-0.15, -0.1) is 0 Å². The number of fused-ring (bicyclic) bond motifs is 3. The fourth-order valence-electron chi connectivity index (χ4n) is 3.60. The van der Waals surface area contributed by atoms with Crippen LogP contribution in [0.3, 0.4) is 0 Å². The Morgan fingerprint density at radius 3 is 2.79 bits per heavy atom. The van der Waals surface area contributed by atoms with Crippen LogP contribution in [0, 0.1) is 6.92 Å². The van der Waals surface area contributed by atoms with Gasteiger partial charge in [-0.2, -0.15) is 5.10 Å². The van der Waals surface area contributed by atoms with Gasteiger partial charge in [-0.1, -0.05) is 19.9 Å². The molecule has 0 saturated heterocycles. The maximum atomic E-state index is 13.2. The Balaban J connectivity index is 1.73. The second-order valence-corrected chi connectivity index (χ2v) is 6.99. The molecule has 0 fully saturated rings. The molecule has 8 nitrogen and oxygen atoms in total. The zero-order valence-corrected chi connectivity index (χ0v) is 16.7. The van der Waals surface area contributed by atoms with Gasteiger partial charge in [0.05, 0.1) is 5.52 Å². The molecule has 0 aliphatic heterocycles. The topological polar surface area (TPSA) is 94.4 Å². The van der Waals surface area contributed by atoms with Crippen LogP contribution in [0.15, 0.2) is 45.9 Å². The SMILES string of the molecule is CCc1nn([C@H](CC)C(=O)NCc2cccnc2)c(=O)c2cc3oc(C)cc3n12. The predicted molar refractivity (Wildman–Crippen MR) is 109 cm³/mol. The first kappa shape index (κ1) is 18.9. The third kappa shape index (κ3) is 3.30. The first-order chi connectivity index (χ1) is 14.0. The number of hydrogen-bond acceptors (Lipinski definition) is 5. The monoisotopic (exact) mass is 393 g/mol. The normalized spacial score (nSPS) is 12.5. The summed E-state index contributed by atoms with van der Waals surface area (Å²) in [6, 6.07) is 6.62. The van der Waals surface area contributed by atoms with Crippen LogP contribution in [0.25, 0.3) is 16.6 Å². The van der Waals surface area contributed by atoms with Crippen molar-refractivity contribution in [2.24, 2.45) is 0 Å². The molecule has 0 unspecified atom stereocenters. The van der Waals surface area contributed by atoms with Crippen LogP contribution >= 0.6 is 0 Å². The van der Waals surface area contributed by atoms with Gasteiger partial charge in [0.1, 0.15) is 23.1 Å². The third-order valence-electron chi connectivity index (χ3n) is 5.01. The number of nitrogens with zero attached hydrogens (tertiary/aromatic N) is 4. The van der Waals surface area contributed by atoms with Crippen LogP contribution in [0.5, 0.6) is 0 Å². The molecular formula is C21H23N5O3. The quantitative estimate of drug-likeness (QED) is 0.544. The lowest BCUT2D eigenvalue weighted by Gasteiger charge is -2.18. The molecule has 1 atom stereocenters. The van der Waals surface area contributed by atoms with Gasteiger partial charge in [0.25, 0.3) is 5.56 Å². The fraction of sp³-hybridized carbons (Fsp3) is 0.333. The number of aryl methyl sites for hydroxylation is 2. The van der Waals surface area contributed by atoms with Gasteiger partial charge in [-0.05, 0) is 25.0 Å². The van der Waals surface area contributed by atoms with Crippen molar-refractivity contribution in [3.8, 4) is 0 Å². The van der Waals surface area contributed by atoms with E-state index in [2.05, 4.69) is 15.4 Å². The van der Waals surface area contributed by atoms with E-state index >= 15 is 0 Å². The Labute approximate surface area is 167 Å². The maximum Gasteiger partial charge on any atom is 0.291 e. The molecule has 150 valence electrons. The van der Waals surface area contributed by atoms with E-state index in [9.17, 15) is 9.59 Å². The summed E-state index contributed by atoms with van der Waals surface area (Å²) >= 11 is 0. The highest BCUT2D eigenvalue weighted by molar-refractivity contribution is 5.83. The van der Waals surface area contributed by atoms with Crippen molar-refractivity contribution in [3.63, 3.8) is 0 Å². The summed E-state index contributed by atoms with van der Waals surface area (Å²) < 4.78 is 8.82. The van der Waals surface area contributed by atoms with Crippen molar-refractivity contribution in [3.05, 3.63) is 64.2 Å². The second-order valence-electron chi connectivity index (χ2n) is 6.99. The van der Waals surface area contributed by atoms with E-state index < -0.39 is 6.04 Å². The van der Waals surface area contributed by atoms with Crippen LogP contribution in [0.1, 0.15) is 43.5 Å². The van der Waals surface area contributed by atoms with E-state index in [-0.39, 0.29) is 11.5 Å². The van der Waals surface area contributed by atoms with Gasteiger partial charge in [0, 0.05) is 37.5 Å². The summed E-state index contributed by atoms with van der Waals surface area (Å²) in [5, 5.41) is 7.44. The molecule has 0 aliphatic rings. The zero-order valence-electron chi connectivity index (χ0n) is 16.7. The van der Waals surface area contributed by atoms with E-state index in [0.29, 0.717) is 36.3 Å². The highest BCUT2D eigenvalue weighted by Crippen LogP contribution is 2.24. The number of nitrogens with one attached hydrogen (secondary N) is 1. The number of furan rings is 1. The number of rotatable bonds is 6. The van der Waals surface area contributed by atoms with E-state index in [0.717, 1.165) is 16.8 Å².